The van der Waals surface area contributed by atoms with E-state index >= 15 is 0 Å². The van der Waals surface area contributed by atoms with Crippen LogP contribution in [-0.2, 0) is 4.74 Å². The first kappa shape index (κ1) is 15.6. The lowest BCUT2D eigenvalue weighted by Crippen LogP contribution is -2.23. The first-order chi connectivity index (χ1) is 10.2. The van der Waals surface area contributed by atoms with Crippen LogP contribution in [-0.4, -0.2) is 27.8 Å². The molecule has 0 bridgehead atoms. The van der Waals surface area contributed by atoms with Crippen molar-refractivity contribution in [3.63, 3.8) is 0 Å². The van der Waals surface area contributed by atoms with Gasteiger partial charge < -0.3 is 20.1 Å². The second-order valence-corrected chi connectivity index (χ2v) is 5.69. The maximum atomic E-state index is 12.0. The third-order valence-electron chi connectivity index (χ3n) is 2.68. The average Bonchev–Trinajstić information content (AvgIpc) is 2.86. The summed E-state index contributed by atoms with van der Waals surface area (Å²) in [7, 11) is 0. The molecule has 1 aromatic heterocycles. The number of nitrogen functional groups attached to an aromatic ring is 1. The molecule has 1 aromatic carbocycles. The molecule has 0 radical (unpaired) electrons. The summed E-state index contributed by atoms with van der Waals surface area (Å²) in [6, 6.07) is 5.80. The van der Waals surface area contributed by atoms with Gasteiger partial charge in [-0.2, -0.15) is 0 Å². The normalized spacial score (nSPS) is 11.2. The van der Waals surface area contributed by atoms with Crippen molar-refractivity contribution >= 4 is 17.6 Å². The van der Waals surface area contributed by atoms with E-state index < -0.39 is 17.5 Å². The number of carboxylic acid groups (broad SMARTS) is 1. The molecule has 7 heteroatoms. The zero-order valence-corrected chi connectivity index (χ0v) is 12.4. The quantitative estimate of drug-likeness (QED) is 0.661. The topological polar surface area (TPSA) is 116 Å². The number of esters is 1. The Morgan fingerprint density at radius 3 is 2.45 bits per heavy atom. The molecule has 0 fully saturated rings. The number of carboxylic acids is 1. The molecule has 0 unspecified atom stereocenters. The number of hydrogen-bond donors (Lipinski definition) is 2. The molecule has 116 valence electrons. The zero-order chi connectivity index (χ0) is 16.5. The van der Waals surface area contributed by atoms with Gasteiger partial charge >= 0.3 is 11.9 Å². The van der Waals surface area contributed by atoms with Crippen molar-refractivity contribution in [3.05, 3.63) is 35.5 Å². The van der Waals surface area contributed by atoms with E-state index in [1.807, 2.05) is 0 Å². The first-order valence-electron chi connectivity index (χ1n) is 6.50. The molecule has 0 amide bonds. The molecule has 1 heterocycles. The van der Waals surface area contributed by atoms with Gasteiger partial charge in [0.25, 0.3) is 0 Å². The minimum Gasteiger partial charge on any atom is -0.476 e. The van der Waals surface area contributed by atoms with Crippen LogP contribution < -0.4 is 5.73 Å². The first-order valence-corrected chi connectivity index (χ1v) is 6.50. The van der Waals surface area contributed by atoms with Crippen molar-refractivity contribution in [3.8, 4) is 11.3 Å². The number of carbonyl (C=O) groups excluding carboxylic acids is 1. The molecule has 0 aliphatic carbocycles. The summed E-state index contributed by atoms with van der Waals surface area (Å²) >= 11 is 0. The number of anilines is 1. The van der Waals surface area contributed by atoms with Gasteiger partial charge in [-0.05, 0) is 39.0 Å². The second kappa shape index (κ2) is 5.51. The lowest BCUT2D eigenvalue weighted by Gasteiger charge is -2.19. The molecule has 3 N–H and O–H groups in total. The number of rotatable bonds is 3. The van der Waals surface area contributed by atoms with Crippen molar-refractivity contribution in [2.24, 2.45) is 0 Å². The maximum Gasteiger partial charge on any atom is 0.358 e. The highest BCUT2D eigenvalue weighted by molar-refractivity contribution is 5.93. The molecule has 2 rings (SSSR count). The highest BCUT2D eigenvalue weighted by Crippen LogP contribution is 2.28. The Morgan fingerprint density at radius 1 is 1.27 bits per heavy atom. The van der Waals surface area contributed by atoms with Crippen molar-refractivity contribution in [1.82, 2.24) is 5.16 Å². The highest BCUT2D eigenvalue weighted by atomic mass is 16.6. The molecule has 7 nitrogen and oxygen atoms in total. The number of hydrogen-bond acceptors (Lipinski definition) is 6. The fourth-order valence-corrected chi connectivity index (χ4v) is 1.75. The summed E-state index contributed by atoms with van der Waals surface area (Å²) in [6.45, 7) is 5.31. The molecule has 0 spiro atoms. The molecule has 0 saturated carbocycles. The summed E-state index contributed by atoms with van der Waals surface area (Å²) in [5.74, 6) is -1.47. The Hall–Kier alpha value is -2.83. The Labute approximate surface area is 126 Å². The average molecular weight is 304 g/mol. The van der Waals surface area contributed by atoms with E-state index in [0.29, 0.717) is 11.1 Å². The van der Waals surface area contributed by atoms with Crippen molar-refractivity contribution < 1.29 is 24.0 Å². The molecule has 0 atom stereocenters. The van der Waals surface area contributed by atoms with Crippen LogP contribution in [0.3, 0.4) is 0 Å². The van der Waals surface area contributed by atoms with Crippen molar-refractivity contribution in [2.75, 3.05) is 5.73 Å². The number of ether oxygens (including phenoxy) is 1. The number of aromatic nitrogens is 1. The Bertz CT molecular complexity index is 728. The molecule has 22 heavy (non-hydrogen) atoms. The predicted octanol–water partition coefficient (Wildman–Crippen LogP) is 2.58. The molecule has 0 aliphatic heterocycles. The Morgan fingerprint density at radius 2 is 1.95 bits per heavy atom. The van der Waals surface area contributed by atoms with Gasteiger partial charge in [0.2, 0.25) is 0 Å². The second-order valence-electron chi connectivity index (χ2n) is 5.69. The number of nitrogens with two attached hydrogens (primary N) is 1. The van der Waals surface area contributed by atoms with E-state index in [1.165, 1.54) is 18.2 Å². The monoisotopic (exact) mass is 304 g/mol. The van der Waals surface area contributed by atoms with Gasteiger partial charge in [-0.15, -0.1) is 0 Å². The van der Waals surface area contributed by atoms with E-state index in [1.54, 1.807) is 26.8 Å². The minimum absolute atomic E-state index is 0.214. The lowest BCUT2D eigenvalue weighted by molar-refractivity contribution is 0.00694. The molecule has 0 aliphatic rings. The zero-order valence-electron chi connectivity index (χ0n) is 12.4. The fourth-order valence-electron chi connectivity index (χ4n) is 1.75. The van der Waals surface area contributed by atoms with Gasteiger partial charge in [-0.3, -0.25) is 0 Å². The number of nitrogens with zero attached hydrogens (tertiary/aromatic N) is 1. The summed E-state index contributed by atoms with van der Waals surface area (Å²) in [4.78, 5) is 22.8. The third-order valence-corrected chi connectivity index (χ3v) is 2.68. The van der Waals surface area contributed by atoms with E-state index in [0.717, 1.165) is 0 Å². The Balaban J connectivity index is 2.29. The summed E-state index contributed by atoms with van der Waals surface area (Å²) < 4.78 is 10.2. The van der Waals surface area contributed by atoms with E-state index in [-0.39, 0.29) is 17.1 Å². The largest absolute Gasteiger partial charge is 0.476 e. The fraction of sp³-hybridized carbons (Fsp3) is 0.267. The minimum atomic E-state index is -1.20. The van der Waals surface area contributed by atoms with Gasteiger partial charge in [0, 0.05) is 17.3 Å². The Kier molecular flexibility index (Phi) is 3.90. The van der Waals surface area contributed by atoms with Gasteiger partial charge in [0.1, 0.15) is 5.60 Å². The van der Waals surface area contributed by atoms with Crippen LogP contribution in [0.1, 0.15) is 41.6 Å². The van der Waals surface area contributed by atoms with Crippen molar-refractivity contribution in [2.45, 2.75) is 26.4 Å². The number of benzene rings is 1. The molecular formula is C15H16N2O5. The van der Waals surface area contributed by atoms with E-state index in [4.69, 9.17) is 20.1 Å². The van der Waals surface area contributed by atoms with Gasteiger partial charge in [0.15, 0.2) is 11.5 Å². The molecule has 2 aromatic rings. The maximum absolute atomic E-state index is 12.0. The highest BCUT2D eigenvalue weighted by Gasteiger charge is 2.20. The van der Waals surface area contributed by atoms with Gasteiger partial charge in [-0.25, -0.2) is 9.59 Å². The molecule has 0 saturated heterocycles. The van der Waals surface area contributed by atoms with Crippen LogP contribution in [0.25, 0.3) is 11.3 Å². The predicted molar refractivity (Wildman–Crippen MR) is 78.5 cm³/mol. The lowest BCUT2D eigenvalue weighted by atomic mass is 10.1. The number of carbonyl (C=O) groups is 2. The summed E-state index contributed by atoms with van der Waals surface area (Å²) in [5.41, 5.74) is 6.09. The van der Waals surface area contributed by atoms with E-state index in [9.17, 15) is 9.59 Å². The van der Waals surface area contributed by atoms with Crippen LogP contribution in [0.5, 0.6) is 0 Å². The summed E-state index contributed by atoms with van der Waals surface area (Å²) in [6.07, 6.45) is 0. The van der Waals surface area contributed by atoms with Crippen LogP contribution in [0, 0.1) is 0 Å². The third kappa shape index (κ3) is 3.43. The van der Waals surface area contributed by atoms with Crippen LogP contribution >= 0.6 is 0 Å². The van der Waals surface area contributed by atoms with Crippen LogP contribution in [0.2, 0.25) is 0 Å². The SMILES string of the molecule is CC(C)(C)OC(=O)c1ccc(-c2cc(C(=O)O)no2)c(N)c1. The smallest absolute Gasteiger partial charge is 0.358 e. The van der Waals surface area contributed by atoms with Crippen LogP contribution in [0.15, 0.2) is 28.8 Å². The standard InChI is InChI=1S/C15H16N2O5/c1-15(2,3)21-14(20)8-4-5-9(10(16)6-8)12-7-11(13(18)19)17-22-12/h4-7H,16H2,1-3H3,(H,18,19). The number of aromatic carboxylic acids is 1. The van der Waals surface area contributed by atoms with Gasteiger partial charge in [-0.1, -0.05) is 5.16 Å². The summed E-state index contributed by atoms with van der Waals surface area (Å²) in [5, 5.41) is 12.2. The van der Waals surface area contributed by atoms with Crippen molar-refractivity contribution in [1.29, 1.82) is 0 Å². The van der Waals surface area contributed by atoms with E-state index in [2.05, 4.69) is 5.16 Å². The van der Waals surface area contributed by atoms with Crippen LogP contribution in [0.4, 0.5) is 5.69 Å². The van der Waals surface area contributed by atoms with Gasteiger partial charge in [0.05, 0.1) is 5.56 Å². The molecular weight excluding hydrogens is 288 g/mol.